The summed E-state index contributed by atoms with van der Waals surface area (Å²) in [6, 6.07) is 14.1. The van der Waals surface area contributed by atoms with Crippen molar-refractivity contribution in [2.45, 2.75) is 6.18 Å². The van der Waals surface area contributed by atoms with E-state index in [9.17, 15) is 22.8 Å². The number of carbonyl (C=O) groups excluding carboxylic acids is 2. The zero-order valence-corrected chi connectivity index (χ0v) is 17.0. The number of rotatable bonds is 5. The fourth-order valence-electron chi connectivity index (χ4n) is 2.63. The van der Waals surface area contributed by atoms with Crippen molar-refractivity contribution in [3.8, 4) is 0 Å². The highest BCUT2D eigenvalue weighted by molar-refractivity contribution is 8.26. The second-order valence-corrected chi connectivity index (χ2v) is 7.83. The van der Waals surface area contributed by atoms with Crippen molar-refractivity contribution in [3.63, 3.8) is 0 Å². The summed E-state index contributed by atoms with van der Waals surface area (Å²) in [6.07, 6.45) is 0.483. The van der Waals surface area contributed by atoms with Crippen LogP contribution in [0.25, 0.3) is 6.08 Å². The smallest absolute Gasteiger partial charge is 0.324 e. The predicted octanol–water partition coefficient (Wildman–Crippen LogP) is 5.10. The molecule has 1 aliphatic rings. The fourth-order valence-corrected chi connectivity index (χ4v) is 3.84. The molecule has 2 amide bonds. The molecule has 1 saturated heterocycles. The minimum atomic E-state index is -4.61. The van der Waals surface area contributed by atoms with Gasteiger partial charge in [-0.3, -0.25) is 14.5 Å². The zero-order chi connectivity index (χ0) is 21.7. The second kappa shape index (κ2) is 9.27. The summed E-state index contributed by atoms with van der Waals surface area (Å²) in [7, 11) is 0. The molecule has 0 saturated carbocycles. The number of hydrogen-bond donors (Lipinski definition) is 1. The largest absolute Gasteiger partial charge is 0.418 e. The third-order valence-electron chi connectivity index (χ3n) is 4.02. The monoisotopic (exact) mass is 448 g/mol. The minimum absolute atomic E-state index is 0.165. The minimum Gasteiger partial charge on any atom is -0.324 e. The lowest BCUT2D eigenvalue weighted by Crippen LogP contribution is -2.36. The number of para-hydroxylation sites is 1. The molecule has 0 bridgehead atoms. The topological polar surface area (TPSA) is 49.4 Å². The molecule has 0 aromatic heterocycles. The standard InChI is InChI=1S/C21H15F3N2O2S2/c22-21(23,24)15-10-4-5-11-16(15)25-18(27)13-26-19(28)17(30-20(26)29)12-6-9-14-7-2-1-3-8-14/h1-12H,13H2,(H,25,27). The lowest BCUT2D eigenvalue weighted by molar-refractivity contribution is -0.137. The maximum Gasteiger partial charge on any atom is 0.418 e. The van der Waals surface area contributed by atoms with Gasteiger partial charge in [0.25, 0.3) is 5.91 Å². The van der Waals surface area contributed by atoms with Crippen LogP contribution in [-0.4, -0.2) is 27.6 Å². The highest BCUT2D eigenvalue weighted by Gasteiger charge is 2.35. The van der Waals surface area contributed by atoms with Gasteiger partial charge in [0.1, 0.15) is 10.9 Å². The molecule has 0 radical (unpaired) electrons. The van der Waals surface area contributed by atoms with E-state index in [0.29, 0.717) is 4.91 Å². The van der Waals surface area contributed by atoms with E-state index in [-0.39, 0.29) is 10.0 Å². The van der Waals surface area contributed by atoms with Crippen LogP contribution in [0.5, 0.6) is 0 Å². The molecule has 0 spiro atoms. The number of anilines is 1. The number of amides is 2. The van der Waals surface area contributed by atoms with Gasteiger partial charge in [-0.05, 0) is 23.8 Å². The Bertz CT molecular complexity index is 1030. The maximum atomic E-state index is 13.1. The number of thiocarbonyl (C=S) groups is 1. The highest BCUT2D eigenvalue weighted by atomic mass is 32.2. The number of allylic oxidation sites excluding steroid dienone is 2. The van der Waals surface area contributed by atoms with Crippen LogP contribution in [0.2, 0.25) is 0 Å². The van der Waals surface area contributed by atoms with Gasteiger partial charge in [0.05, 0.1) is 16.2 Å². The molecule has 3 rings (SSSR count). The van der Waals surface area contributed by atoms with Crippen LogP contribution in [0.15, 0.2) is 71.7 Å². The fraction of sp³-hybridized carbons (Fsp3) is 0.0952. The molecule has 0 unspecified atom stereocenters. The average molecular weight is 448 g/mol. The van der Waals surface area contributed by atoms with Crippen LogP contribution in [0.3, 0.4) is 0 Å². The number of benzene rings is 2. The van der Waals surface area contributed by atoms with Crippen LogP contribution in [-0.2, 0) is 15.8 Å². The summed E-state index contributed by atoms with van der Waals surface area (Å²) in [4.78, 5) is 26.2. The van der Waals surface area contributed by atoms with Gasteiger partial charge in [0.15, 0.2) is 0 Å². The second-order valence-electron chi connectivity index (χ2n) is 6.15. The van der Waals surface area contributed by atoms with Gasteiger partial charge in [0.2, 0.25) is 5.91 Å². The van der Waals surface area contributed by atoms with Crippen LogP contribution >= 0.6 is 24.0 Å². The first-order chi connectivity index (χ1) is 14.3. The van der Waals surface area contributed by atoms with Crippen LogP contribution in [0.4, 0.5) is 18.9 Å². The Labute approximate surface area is 180 Å². The lowest BCUT2D eigenvalue weighted by Gasteiger charge is -2.16. The molecule has 1 heterocycles. The summed E-state index contributed by atoms with van der Waals surface area (Å²) < 4.78 is 39.4. The van der Waals surface area contributed by atoms with Gasteiger partial charge in [0, 0.05) is 0 Å². The molecular formula is C21H15F3N2O2S2. The van der Waals surface area contributed by atoms with E-state index >= 15 is 0 Å². The van der Waals surface area contributed by atoms with Gasteiger partial charge in [-0.2, -0.15) is 13.2 Å². The van der Waals surface area contributed by atoms with E-state index in [1.165, 1.54) is 12.1 Å². The van der Waals surface area contributed by atoms with Crippen molar-refractivity contribution >= 4 is 51.9 Å². The first kappa shape index (κ1) is 21.8. The third kappa shape index (κ3) is 5.37. The normalized spacial score (nSPS) is 16.0. The Morgan fingerprint density at radius 1 is 1.10 bits per heavy atom. The molecule has 0 atom stereocenters. The molecule has 9 heteroatoms. The molecular weight excluding hydrogens is 433 g/mol. The van der Waals surface area contributed by atoms with Crippen molar-refractivity contribution < 1.29 is 22.8 Å². The molecule has 4 nitrogen and oxygen atoms in total. The van der Waals surface area contributed by atoms with Crippen molar-refractivity contribution in [1.82, 2.24) is 4.90 Å². The van der Waals surface area contributed by atoms with Crippen molar-refractivity contribution in [3.05, 3.63) is 82.8 Å². The van der Waals surface area contributed by atoms with Gasteiger partial charge >= 0.3 is 6.18 Å². The molecule has 1 N–H and O–H groups in total. The van der Waals surface area contributed by atoms with Gasteiger partial charge in [-0.25, -0.2) is 0 Å². The number of hydrogen-bond acceptors (Lipinski definition) is 4. The van der Waals surface area contributed by atoms with Crippen molar-refractivity contribution in [1.29, 1.82) is 0 Å². The third-order valence-corrected chi connectivity index (χ3v) is 5.41. The molecule has 30 heavy (non-hydrogen) atoms. The molecule has 0 aliphatic carbocycles. The van der Waals surface area contributed by atoms with Gasteiger partial charge < -0.3 is 5.32 Å². The first-order valence-corrected chi connectivity index (χ1v) is 9.91. The molecule has 2 aromatic carbocycles. The number of nitrogens with one attached hydrogen (secondary N) is 1. The van der Waals surface area contributed by atoms with Crippen LogP contribution < -0.4 is 5.32 Å². The Balaban J connectivity index is 1.67. The van der Waals surface area contributed by atoms with Gasteiger partial charge in [-0.15, -0.1) is 0 Å². The van der Waals surface area contributed by atoms with E-state index in [1.807, 2.05) is 36.4 Å². The number of alkyl halides is 3. The summed E-state index contributed by atoms with van der Waals surface area (Å²) in [5.41, 5.74) is -0.386. The molecule has 1 fully saturated rings. The summed E-state index contributed by atoms with van der Waals surface area (Å²) in [5.74, 6) is -1.24. The predicted molar refractivity (Wildman–Crippen MR) is 116 cm³/mol. The average Bonchev–Trinajstić information content (AvgIpc) is 2.96. The first-order valence-electron chi connectivity index (χ1n) is 8.69. The van der Waals surface area contributed by atoms with Crippen LogP contribution in [0.1, 0.15) is 11.1 Å². The van der Waals surface area contributed by atoms with Crippen molar-refractivity contribution in [2.75, 3.05) is 11.9 Å². The number of carbonyl (C=O) groups is 2. The summed E-state index contributed by atoms with van der Waals surface area (Å²) in [6.45, 7) is -0.476. The molecule has 154 valence electrons. The maximum absolute atomic E-state index is 13.1. The van der Waals surface area contributed by atoms with E-state index in [1.54, 1.807) is 12.2 Å². The number of halogens is 3. The summed E-state index contributed by atoms with van der Waals surface area (Å²) in [5, 5.41) is 2.21. The Morgan fingerprint density at radius 2 is 1.77 bits per heavy atom. The van der Waals surface area contributed by atoms with E-state index in [0.717, 1.165) is 34.4 Å². The van der Waals surface area contributed by atoms with Crippen LogP contribution in [0, 0.1) is 0 Å². The lowest BCUT2D eigenvalue weighted by atomic mass is 10.1. The Morgan fingerprint density at radius 3 is 2.47 bits per heavy atom. The summed E-state index contributed by atoms with van der Waals surface area (Å²) >= 11 is 6.18. The SMILES string of the molecule is O=C(CN1C(=O)C(=CC=Cc2ccccc2)SC1=S)Nc1ccccc1C(F)(F)F. The zero-order valence-electron chi connectivity index (χ0n) is 15.3. The number of nitrogens with zero attached hydrogens (tertiary/aromatic N) is 1. The quantitative estimate of drug-likeness (QED) is 0.511. The van der Waals surface area contributed by atoms with E-state index in [4.69, 9.17) is 12.2 Å². The molecule has 1 aliphatic heterocycles. The van der Waals surface area contributed by atoms with E-state index in [2.05, 4.69) is 5.32 Å². The number of thioether (sulfide) groups is 1. The Hall–Kier alpha value is -2.91. The van der Waals surface area contributed by atoms with E-state index < -0.39 is 30.1 Å². The Kier molecular flexibility index (Phi) is 6.73. The van der Waals surface area contributed by atoms with Gasteiger partial charge in [-0.1, -0.05) is 78.6 Å². The van der Waals surface area contributed by atoms with Crippen molar-refractivity contribution in [2.24, 2.45) is 0 Å². The molecule has 2 aromatic rings. The highest BCUT2D eigenvalue weighted by Crippen LogP contribution is 2.35.